The quantitative estimate of drug-likeness (QED) is 0.103. The Bertz CT molecular complexity index is 3250. The molecule has 2 heterocycles. The minimum atomic E-state index is -1.15. The molecule has 0 bridgehead atoms. The predicted octanol–water partition coefficient (Wildman–Crippen LogP) is 12.9. The molecule has 1 aliphatic carbocycles. The van der Waals surface area contributed by atoms with Crippen LogP contribution in [0.2, 0.25) is 0 Å². The Morgan fingerprint density at radius 3 is 1.54 bits per heavy atom. The minimum absolute atomic E-state index is 0.00744. The molecule has 0 radical (unpaired) electrons. The molecule has 0 saturated carbocycles. The number of carbonyl (C=O) groups excluding carboxylic acids is 3. The Morgan fingerprint density at radius 1 is 0.563 bits per heavy atom. The molecular weight excluding hydrogens is 930 g/mol. The highest BCUT2D eigenvalue weighted by molar-refractivity contribution is 6.19. The highest BCUT2D eigenvalue weighted by atomic mass is 35.5. The van der Waals surface area contributed by atoms with Crippen LogP contribution in [0.15, 0.2) is 170 Å². The van der Waals surface area contributed by atoms with Crippen LogP contribution in [0, 0.1) is 0 Å². The second kappa shape index (κ2) is 20.2. The number of anilines is 2. The van der Waals surface area contributed by atoms with Gasteiger partial charge in [-0.1, -0.05) is 158 Å². The number of carbonyl (C=O) groups is 3. The van der Waals surface area contributed by atoms with Crippen molar-refractivity contribution in [1.82, 2.24) is 5.32 Å². The van der Waals surface area contributed by atoms with Crippen molar-refractivity contribution >= 4 is 74.0 Å². The molecule has 8 aromatic carbocycles. The lowest BCUT2D eigenvalue weighted by molar-refractivity contribution is -0.121. The average Bonchev–Trinajstić information content (AvgIpc) is 4.10. The highest BCUT2D eigenvalue weighted by Crippen LogP contribution is 2.48. The predicted molar refractivity (Wildman–Crippen MR) is 282 cm³/mol. The lowest BCUT2D eigenvalue weighted by Gasteiger charge is -2.26. The van der Waals surface area contributed by atoms with Crippen LogP contribution in [0.4, 0.5) is 16.2 Å². The maximum Gasteiger partial charge on any atom is 0.407 e. The van der Waals surface area contributed by atoms with E-state index in [9.17, 15) is 9.59 Å². The van der Waals surface area contributed by atoms with Crippen LogP contribution in [0.25, 0.3) is 32.7 Å². The molecule has 0 unspecified atom stereocenters. The molecule has 71 heavy (non-hydrogen) atoms. The molecule has 0 spiro atoms. The highest BCUT2D eigenvalue weighted by Gasteiger charge is 2.40. The summed E-state index contributed by atoms with van der Waals surface area (Å²) in [5, 5.41) is 6.71. The molecule has 8 aromatic rings. The van der Waals surface area contributed by atoms with E-state index in [0.29, 0.717) is 42.8 Å². The summed E-state index contributed by atoms with van der Waals surface area (Å²) in [4.78, 5) is 47.7. The van der Waals surface area contributed by atoms with Gasteiger partial charge in [-0.05, 0) is 61.7 Å². The van der Waals surface area contributed by atoms with Crippen molar-refractivity contribution in [1.29, 1.82) is 0 Å². The van der Waals surface area contributed by atoms with E-state index in [1.54, 1.807) is 9.80 Å². The van der Waals surface area contributed by atoms with Gasteiger partial charge in [-0.25, -0.2) is 4.79 Å². The van der Waals surface area contributed by atoms with Gasteiger partial charge < -0.3 is 29.3 Å². The molecule has 3 amide bonds. The molecule has 9 nitrogen and oxygen atoms in total. The third-order valence-electron chi connectivity index (χ3n) is 14.3. The molecule has 11 heteroatoms. The molecule has 356 valence electrons. The number of halogens is 2. The van der Waals surface area contributed by atoms with Crippen LogP contribution in [-0.4, -0.2) is 55.4 Å². The van der Waals surface area contributed by atoms with E-state index in [2.05, 4.69) is 29.6 Å². The number of fused-ring (bicyclic) bond motifs is 9. The summed E-state index contributed by atoms with van der Waals surface area (Å²) in [6, 6.07) is 54.9. The first-order valence-electron chi connectivity index (χ1n) is 24.2. The molecule has 2 aliphatic heterocycles. The van der Waals surface area contributed by atoms with Crippen LogP contribution in [0.3, 0.4) is 0 Å². The number of alkyl carbamates (subject to hydrolysis) is 1. The zero-order valence-electron chi connectivity index (χ0n) is 38.9. The third-order valence-corrected chi connectivity index (χ3v) is 15.0. The van der Waals surface area contributed by atoms with Gasteiger partial charge in [0.25, 0.3) is 0 Å². The minimum Gasteiger partial charge on any atom is -0.488 e. The van der Waals surface area contributed by atoms with E-state index >= 15 is 4.79 Å². The van der Waals surface area contributed by atoms with Gasteiger partial charge >= 0.3 is 6.09 Å². The van der Waals surface area contributed by atoms with Crippen molar-refractivity contribution in [3.8, 4) is 22.6 Å². The summed E-state index contributed by atoms with van der Waals surface area (Å²) in [7, 11) is 0. The van der Waals surface area contributed by atoms with Gasteiger partial charge in [-0.15, -0.1) is 23.2 Å². The Morgan fingerprint density at radius 2 is 1.01 bits per heavy atom. The zero-order chi connectivity index (χ0) is 48.4. The van der Waals surface area contributed by atoms with Crippen LogP contribution in [0.5, 0.6) is 11.5 Å². The van der Waals surface area contributed by atoms with Gasteiger partial charge in [0.15, 0.2) is 0 Å². The van der Waals surface area contributed by atoms with Crippen LogP contribution in [0.1, 0.15) is 64.0 Å². The second-order valence-corrected chi connectivity index (χ2v) is 19.1. The summed E-state index contributed by atoms with van der Waals surface area (Å²) < 4.78 is 19.0. The van der Waals surface area contributed by atoms with Crippen LogP contribution < -0.4 is 24.6 Å². The van der Waals surface area contributed by atoms with Crippen molar-refractivity contribution in [3.05, 3.63) is 203 Å². The number of hydrogen-bond acceptors (Lipinski definition) is 6. The van der Waals surface area contributed by atoms with Crippen molar-refractivity contribution in [2.45, 2.75) is 49.9 Å². The molecule has 11 rings (SSSR count). The first-order chi connectivity index (χ1) is 34.9. The maximum absolute atomic E-state index is 15.3. The van der Waals surface area contributed by atoms with E-state index in [0.717, 1.165) is 71.7 Å². The Balaban J connectivity index is 0.900. The number of ether oxygens (including phenoxy) is 3. The smallest absolute Gasteiger partial charge is 0.407 e. The molecule has 1 N–H and O–H groups in total. The topological polar surface area (TPSA) is 97.4 Å². The fraction of sp³-hybridized carbons (Fsp3) is 0.217. The van der Waals surface area contributed by atoms with Crippen molar-refractivity contribution in [2.24, 2.45) is 0 Å². The molecular formula is C60H51Cl2N3O6. The standard InChI is InChI=1S/C60H51Cl2N3O6/c61-31-40-33-64(52-29-54(69-35-38-15-3-1-4-16-38)46-23-11-13-25-48(46)57(40)52)56(66)28-27-51(63-60(68)71-37-50-44-21-9-7-19-42(44)43-20-8-10-22-45(43)50)59(67)65-34-41(32-62)58-49-26-14-12-24-47(49)55(30-53(58)65)70-36-39-17-5-2-6-18-39/h1-26,29-30,40-41,50-51H,27-28,31-37H2,(H,63,68)/t40-,41-,51+/m1/s1. The van der Waals surface area contributed by atoms with Gasteiger partial charge in [0.1, 0.15) is 37.4 Å². The fourth-order valence-corrected chi connectivity index (χ4v) is 11.4. The first-order valence-corrected chi connectivity index (χ1v) is 25.2. The molecule has 3 aliphatic rings. The van der Waals surface area contributed by atoms with E-state index in [1.807, 2.05) is 146 Å². The van der Waals surface area contributed by atoms with E-state index < -0.39 is 12.1 Å². The average molecular weight is 981 g/mol. The van der Waals surface area contributed by atoms with Crippen LogP contribution in [-0.2, 0) is 27.5 Å². The Kier molecular flexibility index (Phi) is 13.1. The largest absolute Gasteiger partial charge is 0.488 e. The summed E-state index contributed by atoms with van der Waals surface area (Å²) in [5.41, 5.74) is 9.67. The van der Waals surface area contributed by atoms with Gasteiger partial charge in [0.05, 0.1) is 11.4 Å². The van der Waals surface area contributed by atoms with Crippen molar-refractivity contribution < 1.29 is 28.6 Å². The Hall–Kier alpha value is -7.33. The summed E-state index contributed by atoms with van der Waals surface area (Å²) in [6.45, 7) is 1.36. The summed E-state index contributed by atoms with van der Waals surface area (Å²) in [5.74, 6) is 0.711. The van der Waals surface area contributed by atoms with E-state index in [4.69, 9.17) is 37.4 Å². The number of nitrogens with one attached hydrogen (secondary N) is 1. The number of rotatable bonds is 15. The SMILES string of the molecule is O=C(N[C@@H](CCC(=O)N1C[C@@H](CCl)c2c1cc(OCc1ccccc1)c1ccccc21)C(=O)N1C[C@@H](CCl)c2c1cc(OCc1ccccc1)c1ccccc21)OCC1c2ccccc2-c2ccccc21. The molecule has 3 atom stereocenters. The first kappa shape index (κ1) is 46.1. The lowest BCUT2D eigenvalue weighted by Crippen LogP contribution is -2.49. The molecule has 0 saturated heterocycles. The summed E-state index contributed by atoms with van der Waals surface area (Å²) >= 11 is 13.4. The van der Waals surface area contributed by atoms with Crippen LogP contribution >= 0.6 is 23.2 Å². The van der Waals surface area contributed by atoms with Gasteiger partial charge in [-0.2, -0.15) is 0 Å². The normalized spacial score (nSPS) is 16.0. The summed E-state index contributed by atoms with van der Waals surface area (Å²) in [6.07, 6.45) is -0.826. The Labute approximate surface area is 422 Å². The van der Waals surface area contributed by atoms with Gasteiger partial charge in [-0.3, -0.25) is 9.59 Å². The number of amides is 3. The van der Waals surface area contributed by atoms with Crippen molar-refractivity contribution in [2.75, 3.05) is 41.3 Å². The third kappa shape index (κ3) is 8.94. The zero-order valence-corrected chi connectivity index (χ0v) is 40.5. The van der Waals surface area contributed by atoms with E-state index in [1.165, 1.54) is 0 Å². The molecule has 0 aromatic heterocycles. The monoisotopic (exact) mass is 979 g/mol. The fourth-order valence-electron chi connectivity index (χ4n) is 10.9. The van der Waals surface area contributed by atoms with Crippen molar-refractivity contribution in [3.63, 3.8) is 0 Å². The van der Waals surface area contributed by atoms with E-state index in [-0.39, 0.29) is 61.4 Å². The second-order valence-electron chi connectivity index (χ2n) is 18.5. The number of hydrogen-bond donors (Lipinski definition) is 1. The van der Waals surface area contributed by atoms with Gasteiger partial charge in [0.2, 0.25) is 11.8 Å². The van der Waals surface area contributed by atoms with Gasteiger partial charge in [0, 0.05) is 71.9 Å². The molecule has 0 fully saturated rings. The number of alkyl halides is 2. The number of benzene rings is 8. The lowest BCUT2D eigenvalue weighted by atomic mass is 9.95. The number of nitrogens with zero attached hydrogens (tertiary/aromatic N) is 2. The maximum atomic E-state index is 15.3.